The van der Waals surface area contributed by atoms with E-state index in [2.05, 4.69) is 10.3 Å². The summed E-state index contributed by atoms with van der Waals surface area (Å²) < 4.78 is 5.02. The fraction of sp³-hybridized carbons (Fsp3) is 0.214. The summed E-state index contributed by atoms with van der Waals surface area (Å²) in [5.74, 6) is 0.626. The normalized spacial score (nSPS) is 10.2. The Morgan fingerprint density at radius 1 is 1.28 bits per heavy atom. The predicted octanol–water partition coefficient (Wildman–Crippen LogP) is 3.66. The standard InChI is InChI=1S/C14H15ClN2O/c1-10-7-12(15)4-5-13(10)16-8-11-3-6-14(18-2)17-9-11/h3-7,9,16H,8H2,1-2H3. The first kappa shape index (κ1) is 12.7. The van der Waals surface area contributed by atoms with Crippen molar-refractivity contribution in [3.05, 3.63) is 52.7 Å². The molecule has 18 heavy (non-hydrogen) atoms. The van der Waals surface area contributed by atoms with E-state index in [1.165, 1.54) is 0 Å². The van der Waals surface area contributed by atoms with Gasteiger partial charge in [-0.15, -0.1) is 0 Å². The van der Waals surface area contributed by atoms with Gasteiger partial charge in [0.15, 0.2) is 0 Å². The van der Waals surface area contributed by atoms with Crippen molar-refractivity contribution >= 4 is 17.3 Å². The molecule has 94 valence electrons. The lowest BCUT2D eigenvalue weighted by atomic mass is 10.2. The molecule has 0 unspecified atom stereocenters. The van der Waals surface area contributed by atoms with Gasteiger partial charge in [0.2, 0.25) is 5.88 Å². The van der Waals surface area contributed by atoms with Gasteiger partial charge in [0.05, 0.1) is 7.11 Å². The van der Waals surface area contributed by atoms with Gasteiger partial charge in [-0.05, 0) is 36.2 Å². The fourth-order valence-electron chi connectivity index (χ4n) is 1.66. The number of hydrogen-bond donors (Lipinski definition) is 1. The van der Waals surface area contributed by atoms with Crippen LogP contribution in [0.25, 0.3) is 0 Å². The minimum atomic E-state index is 0.626. The van der Waals surface area contributed by atoms with E-state index in [1.54, 1.807) is 13.3 Å². The number of nitrogens with zero attached hydrogens (tertiary/aromatic N) is 1. The summed E-state index contributed by atoms with van der Waals surface area (Å²) in [5, 5.41) is 4.11. The van der Waals surface area contributed by atoms with Crippen LogP contribution in [0.1, 0.15) is 11.1 Å². The SMILES string of the molecule is COc1ccc(CNc2ccc(Cl)cc2C)cn1. The number of anilines is 1. The van der Waals surface area contributed by atoms with E-state index in [9.17, 15) is 0 Å². The Bertz CT molecular complexity index is 526. The Morgan fingerprint density at radius 2 is 2.11 bits per heavy atom. The molecule has 0 saturated carbocycles. The maximum absolute atomic E-state index is 5.92. The first-order valence-corrected chi connectivity index (χ1v) is 6.06. The molecule has 0 atom stereocenters. The summed E-state index contributed by atoms with van der Waals surface area (Å²) in [6, 6.07) is 9.64. The number of aromatic nitrogens is 1. The third-order valence-corrected chi connectivity index (χ3v) is 2.91. The van der Waals surface area contributed by atoms with Crippen LogP contribution >= 0.6 is 11.6 Å². The second kappa shape index (κ2) is 5.74. The van der Waals surface area contributed by atoms with Gasteiger partial charge in [0, 0.05) is 29.5 Å². The van der Waals surface area contributed by atoms with Crippen molar-refractivity contribution in [3.63, 3.8) is 0 Å². The number of benzene rings is 1. The Kier molecular flexibility index (Phi) is 4.05. The van der Waals surface area contributed by atoms with Crippen LogP contribution in [0, 0.1) is 6.92 Å². The molecular formula is C14H15ClN2O. The highest BCUT2D eigenvalue weighted by molar-refractivity contribution is 6.30. The first-order valence-electron chi connectivity index (χ1n) is 5.68. The number of rotatable bonds is 4. The third-order valence-electron chi connectivity index (χ3n) is 2.68. The fourth-order valence-corrected chi connectivity index (χ4v) is 1.89. The number of pyridine rings is 1. The van der Waals surface area contributed by atoms with E-state index in [-0.39, 0.29) is 0 Å². The largest absolute Gasteiger partial charge is 0.481 e. The smallest absolute Gasteiger partial charge is 0.212 e. The van der Waals surface area contributed by atoms with Crippen LogP contribution in [0.5, 0.6) is 5.88 Å². The summed E-state index contributed by atoms with van der Waals surface area (Å²) in [7, 11) is 1.61. The molecule has 1 N–H and O–H groups in total. The van der Waals surface area contributed by atoms with Crippen LogP contribution in [0.3, 0.4) is 0 Å². The summed E-state index contributed by atoms with van der Waals surface area (Å²) in [6.45, 7) is 2.75. The van der Waals surface area contributed by atoms with Crippen molar-refractivity contribution in [2.45, 2.75) is 13.5 Å². The average Bonchev–Trinajstić information content (AvgIpc) is 2.38. The lowest BCUT2D eigenvalue weighted by Crippen LogP contribution is -2.01. The lowest BCUT2D eigenvalue weighted by molar-refractivity contribution is 0.397. The average molecular weight is 263 g/mol. The zero-order valence-corrected chi connectivity index (χ0v) is 11.2. The Labute approximate surface area is 112 Å². The molecule has 0 fully saturated rings. The molecule has 2 rings (SSSR count). The van der Waals surface area contributed by atoms with Crippen LogP contribution in [-0.4, -0.2) is 12.1 Å². The number of hydrogen-bond acceptors (Lipinski definition) is 3. The van der Waals surface area contributed by atoms with Crippen molar-refractivity contribution in [2.24, 2.45) is 0 Å². The van der Waals surface area contributed by atoms with Gasteiger partial charge in [-0.25, -0.2) is 4.98 Å². The van der Waals surface area contributed by atoms with Crippen molar-refractivity contribution in [1.82, 2.24) is 4.98 Å². The van der Waals surface area contributed by atoms with Crippen LogP contribution in [0.4, 0.5) is 5.69 Å². The highest BCUT2D eigenvalue weighted by atomic mass is 35.5. The molecular weight excluding hydrogens is 248 g/mol. The molecule has 1 aromatic carbocycles. The van der Waals surface area contributed by atoms with Crippen molar-refractivity contribution in [3.8, 4) is 5.88 Å². The molecule has 0 aliphatic rings. The number of methoxy groups -OCH3 is 1. The molecule has 0 amide bonds. The van der Waals surface area contributed by atoms with Crippen molar-refractivity contribution in [2.75, 3.05) is 12.4 Å². The van der Waals surface area contributed by atoms with E-state index in [1.807, 2.05) is 37.3 Å². The molecule has 4 heteroatoms. The molecule has 3 nitrogen and oxygen atoms in total. The van der Waals surface area contributed by atoms with E-state index >= 15 is 0 Å². The Balaban J connectivity index is 2.02. The van der Waals surface area contributed by atoms with Crippen LogP contribution < -0.4 is 10.1 Å². The van der Waals surface area contributed by atoms with Gasteiger partial charge in [-0.1, -0.05) is 17.7 Å². The van der Waals surface area contributed by atoms with Gasteiger partial charge in [-0.2, -0.15) is 0 Å². The molecule has 2 aromatic rings. The van der Waals surface area contributed by atoms with E-state index in [0.717, 1.165) is 28.4 Å². The minimum Gasteiger partial charge on any atom is -0.481 e. The molecule has 0 radical (unpaired) electrons. The second-order valence-corrected chi connectivity index (χ2v) is 4.46. The summed E-state index contributed by atoms with van der Waals surface area (Å²) in [6.07, 6.45) is 1.80. The monoisotopic (exact) mass is 262 g/mol. The van der Waals surface area contributed by atoms with Gasteiger partial charge < -0.3 is 10.1 Å². The zero-order valence-electron chi connectivity index (χ0n) is 10.4. The highest BCUT2D eigenvalue weighted by Gasteiger charge is 2.00. The van der Waals surface area contributed by atoms with Gasteiger partial charge >= 0.3 is 0 Å². The second-order valence-electron chi connectivity index (χ2n) is 4.02. The van der Waals surface area contributed by atoms with E-state index in [0.29, 0.717) is 5.88 Å². The summed E-state index contributed by atoms with van der Waals surface area (Å²) >= 11 is 5.92. The minimum absolute atomic E-state index is 0.626. The lowest BCUT2D eigenvalue weighted by Gasteiger charge is -2.10. The maximum Gasteiger partial charge on any atom is 0.212 e. The summed E-state index contributed by atoms with van der Waals surface area (Å²) in [5.41, 5.74) is 3.31. The molecule has 0 spiro atoms. The number of ether oxygens (including phenoxy) is 1. The van der Waals surface area contributed by atoms with E-state index < -0.39 is 0 Å². The molecule has 0 aliphatic carbocycles. The maximum atomic E-state index is 5.92. The van der Waals surface area contributed by atoms with Gasteiger partial charge in [-0.3, -0.25) is 0 Å². The molecule has 0 saturated heterocycles. The quantitative estimate of drug-likeness (QED) is 0.913. The third kappa shape index (κ3) is 3.14. The van der Waals surface area contributed by atoms with E-state index in [4.69, 9.17) is 16.3 Å². The highest BCUT2D eigenvalue weighted by Crippen LogP contribution is 2.20. The van der Waals surface area contributed by atoms with Crippen molar-refractivity contribution < 1.29 is 4.74 Å². The summed E-state index contributed by atoms with van der Waals surface area (Å²) in [4.78, 5) is 4.16. The number of halogens is 1. The van der Waals surface area contributed by atoms with Gasteiger partial charge in [0.1, 0.15) is 0 Å². The molecule has 1 aromatic heterocycles. The van der Waals surface area contributed by atoms with Gasteiger partial charge in [0.25, 0.3) is 0 Å². The topological polar surface area (TPSA) is 34.1 Å². The Hall–Kier alpha value is -1.74. The molecule has 0 bridgehead atoms. The number of nitrogens with one attached hydrogen (secondary N) is 1. The van der Waals surface area contributed by atoms with Crippen LogP contribution in [-0.2, 0) is 6.54 Å². The predicted molar refractivity (Wildman–Crippen MR) is 74.3 cm³/mol. The number of aryl methyl sites for hydroxylation is 1. The van der Waals surface area contributed by atoms with Crippen LogP contribution in [0.2, 0.25) is 5.02 Å². The first-order chi connectivity index (χ1) is 8.69. The van der Waals surface area contributed by atoms with Crippen LogP contribution in [0.15, 0.2) is 36.5 Å². The molecule has 1 heterocycles. The van der Waals surface area contributed by atoms with Crippen molar-refractivity contribution in [1.29, 1.82) is 0 Å². The Morgan fingerprint density at radius 3 is 2.72 bits per heavy atom. The zero-order chi connectivity index (χ0) is 13.0. The molecule has 0 aliphatic heterocycles.